The minimum absolute atomic E-state index is 0.0556. The predicted octanol–water partition coefficient (Wildman–Crippen LogP) is 2.64. The van der Waals surface area contributed by atoms with E-state index in [1.165, 1.54) is 20.0 Å². The van der Waals surface area contributed by atoms with Crippen molar-refractivity contribution in [2.45, 2.75) is 38.1 Å². The number of hydrogen-bond donors (Lipinski definition) is 1. The number of piperidine rings is 1. The van der Waals surface area contributed by atoms with Crippen molar-refractivity contribution in [3.05, 3.63) is 30.3 Å². The lowest BCUT2D eigenvalue weighted by Crippen LogP contribution is -2.38. The van der Waals surface area contributed by atoms with Gasteiger partial charge in [-0.25, -0.2) is 4.79 Å². The van der Waals surface area contributed by atoms with Crippen molar-refractivity contribution in [1.82, 2.24) is 10.2 Å². The molecule has 0 spiro atoms. The average molecular weight is 359 g/mol. The van der Waals surface area contributed by atoms with E-state index in [4.69, 9.17) is 4.74 Å². The predicted molar refractivity (Wildman–Crippen MR) is 101 cm³/mol. The summed E-state index contributed by atoms with van der Waals surface area (Å²) in [4.78, 5) is 28.4. The third-order valence-electron chi connectivity index (χ3n) is 5.52. The molecule has 1 aromatic rings. The number of carbonyl (C=O) groups is 2. The van der Waals surface area contributed by atoms with Crippen molar-refractivity contribution in [3.8, 4) is 0 Å². The molecule has 1 unspecified atom stereocenters. The van der Waals surface area contributed by atoms with Crippen molar-refractivity contribution in [2.75, 3.05) is 38.2 Å². The first-order chi connectivity index (χ1) is 12.7. The number of benzene rings is 1. The molecule has 6 nitrogen and oxygen atoms in total. The minimum atomic E-state index is -0.214. The van der Waals surface area contributed by atoms with Gasteiger partial charge in [0.2, 0.25) is 0 Å². The van der Waals surface area contributed by atoms with Crippen LogP contribution in [0.5, 0.6) is 0 Å². The van der Waals surface area contributed by atoms with Crippen LogP contribution < -0.4 is 10.2 Å². The number of esters is 1. The van der Waals surface area contributed by atoms with Crippen LogP contribution in [0.4, 0.5) is 10.5 Å². The summed E-state index contributed by atoms with van der Waals surface area (Å²) in [6, 6.07) is 9.89. The second kappa shape index (κ2) is 9.03. The number of hydrogen-bond acceptors (Lipinski definition) is 4. The number of methoxy groups -OCH3 is 1. The SMILES string of the molecule is COC(=O)CCC1CN(c2ccccc2)C(=O)N1CCC1CCNCC1. The summed E-state index contributed by atoms with van der Waals surface area (Å²) in [5.41, 5.74) is 0.921. The van der Waals surface area contributed by atoms with Gasteiger partial charge in [-0.1, -0.05) is 18.2 Å². The first-order valence-electron chi connectivity index (χ1n) is 9.59. The van der Waals surface area contributed by atoms with Gasteiger partial charge >= 0.3 is 12.0 Å². The summed E-state index contributed by atoms with van der Waals surface area (Å²) in [7, 11) is 1.41. The van der Waals surface area contributed by atoms with E-state index in [2.05, 4.69) is 5.32 Å². The number of carbonyl (C=O) groups excluding carboxylic acids is 2. The Kier molecular flexibility index (Phi) is 6.50. The third kappa shape index (κ3) is 4.55. The Morgan fingerprint density at radius 1 is 1.19 bits per heavy atom. The zero-order chi connectivity index (χ0) is 18.4. The first-order valence-corrected chi connectivity index (χ1v) is 9.59. The van der Waals surface area contributed by atoms with Crippen LogP contribution in [0.15, 0.2) is 30.3 Å². The smallest absolute Gasteiger partial charge is 0.324 e. The molecule has 0 aliphatic carbocycles. The summed E-state index contributed by atoms with van der Waals surface area (Å²) >= 11 is 0. The molecule has 2 heterocycles. The molecule has 1 atom stereocenters. The Morgan fingerprint density at radius 2 is 1.92 bits per heavy atom. The minimum Gasteiger partial charge on any atom is -0.469 e. The van der Waals surface area contributed by atoms with Gasteiger partial charge in [0.05, 0.1) is 13.2 Å². The first kappa shape index (κ1) is 18.7. The Hall–Kier alpha value is -2.08. The monoisotopic (exact) mass is 359 g/mol. The number of urea groups is 1. The Labute approximate surface area is 155 Å². The van der Waals surface area contributed by atoms with Crippen LogP contribution in [0.1, 0.15) is 32.1 Å². The summed E-state index contributed by atoms with van der Waals surface area (Å²) in [5.74, 6) is 0.463. The Bertz CT molecular complexity index is 602. The Balaban J connectivity index is 1.66. The number of rotatable bonds is 7. The van der Waals surface area contributed by atoms with Crippen LogP contribution in [0, 0.1) is 5.92 Å². The van der Waals surface area contributed by atoms with E-state index in [9.17, 15) is 9.59 Å². The lowest BCUT2D eigenvalue weighted by atomic mass is 9.94. The molecule has 1 aromatic carbocycles. The van der Waals surface area contributed by atoms with Crippen molar-refractivity contribution >= 4 is 17.7 Å². The quantitative estimate of drug-likeness (QED) is 0.760. The number of nitrogens with zero attached hydrogens (tertiary/aromatic N) is 2. The molecule has 2 saturated heterocycles. The van der Waals surface area contributed by atoms with Gasteiger partial charge < -0.3 is 15.0 Å². The van der Waals surface area contributed by atoms with E-state index >= 15 is 0 Å². The molecule has 2 aliphatic rings. The highest BCUT2D eigenvalue weighted by molar-refractivity contribution is 5.94. The van der Waals surface area contributed by atoms with E-state index in [0.717, 1.165) is 31.7 Å². The van der Waals surface area contributed by atoms with Gasteiger partial charge in [0.1, 0.15) is 0 Å². The highest BCUT2D eigenvalue weighted by Gasteiger charge is 2.38. The maximum absolute atomic E-state index is 13.0. The molecule has 0 saturated carbocycles. The van der Waals surface area contributed by atoms with Crippen LogP contribution in [-0.2, 0) is 9.53 Å². The van der Waals surface area contributed by atoms with Gasteiger partial charge in [0.25, 0.3) is 0 Å². The number of amides is 2. The Morgan fingerprint density at radius 3 is 2.62 bits per heavy atom. The summed E-state index contributed by atoms with van der Waals surface area (Å²) in [5, 5.41) is 3.39. The van der Waals surface area contributed by atoms with Gasteiger partial charge in [0.15, 0.2) is 0 Å². The van der Waals surface area contributed by atoms with Gasteiger partial charge in [-0.2, -0.15) is 0 Å². The summed E-state index contributed by atoms with van der Waals surface area (Å²) < 4.78 is 4.78. The van der Waals surface area contributed by atoms with Crippen molar-refractivity contribution in [1.29, 1.82) is 0 Å². The second-order valence-electron chi connectivity index (χ2n) is 7.17. The number of nitrogens with one attached hydrogen (secondary N) is 1. The fraction of sp³-hybridized carbons (Fsp3) is 0.600. The van der Waals surface area contributed by atoms with Crippen LogP contribution >= 0.6 is 0 Å². The largest absolute Gasteiger partial charge is 0.469 e. The summed E-state index contributed by atoms with van der Waals surface area (Å²) in [6.45, 7) is 3.53. The highest BCUT2D eigenvalue weighted by atomic mass is 16.5. The fourth-order valence-electron chi connectivity index (χ4n) is 3.93. The zero-order valence-corrected chi connectivity index (χ0v) is 15.5. The topological polar surface area (TPSA) is 61.9 Å². The molecular weight excluding hydrogens is 330 g/mol. The zero-order valence-electron chi connectivity index (χ0n) is 15.5. The highest BCUT2D eigenvalue weighted by Crippen LogP contribution is 2.27. The number of ether oxygens (including phenoxy) is 1. The van der Waals surface area contributed by atoms with Crippen LogP contribution in [0.3, 0.4) is 0 Å². The maximum Gasteiger partial charge on any atom is 0.324 e. The molecule has 0 radical (unpaired) electrons. The molecule has 2 aliphatic heterocycles. The third-order valence-corrected chi connectivity index (χ3v) is 5.52. The van der Waals surface area contributed by atoms with Crippen LogP contribution in [0.2, 0.25) is 0 Å². The van der Waals surface area contributed by atoms with E-state index < -0.39 is 0 Å². The molecule has 2 amide bonds. The molecule has 26 heavy (non-hydrogen) atoms. The molecule has 2 fully saturated rings. The van der Waals surface area contributed by atoms with E-state index in [1.807, 2.05) is 40.1 Å². The lowest BCUT2D eigenvalue weighted by molar-refractivity contribution is -0.140. The van der Waals surface area contributed by atoms with Crippen molar-refractivity contribution < 1.29 is 14.3 Å². The fourth-order valence-corrected chi connectivity index (χ4v) is 3.93. The number of para-hydroxylation sites is 1. The molecule has 1 N–H and O–H groups in total. The van der Waals surface area contributed by atoms with Gasteiger partial charge in [-0.15, -0.1) is 0 Å². The van der Waals surface area contributed by atoms with Gasteiger partial charge in [0, 0.05) is 25.2 Å². The van der Waals surface area contributed by atoms with Crippen molar-refractivity contribution in [2.24, 2.45) is 5.92 Å². The number of anilines is 1. The average Bonchev–Trinajstić information content (AvgIpc) is 3.01. The normalized spacial score (nSPS) is 21.3. The van der Waals surface area contributed by atoms with Gasteiger partial charge in [-0.3, -0.25) is 9.69 Å². The molecule has 6 heteroatoms. The molecular formula is C20H29N3O3. The molecule has 3 rings (SSSR count). The van der Waals surface area contributed by atoms with Crippen LogP contribution in [-0.4, -0.2) is 56.2 Å². The maximum atomic E-state index is 13.0. The standard InChI is InChI=1S/C20H29N3O3/c1-26-19(24)8-7-18-15-23(17-5-3-2-4-6-17)20(25)22(18)14-11-16-9-12-21-13-10-16/h2-6,16,18,21H,7-15H2,1H3. The van der Waals surface area contributed by atoms with Gasteiger partial charge in [-0.05, 0) is 56.8 Å². The van der Waals surface area contributed by atoms with Crippen LogP contribution in [0.25, 0.3) is 0 Å². The van der Waals surface area contributed by atoms with E-state index in [0.29, 0.717) is 25.3 Å². The molecule has 142 valence electrons. The van der Waals surface area contributed by atoms with Crippen molar-refractivity contribution in [3.63, 3.8) is 0 Å². The summed E-state index contributed by atoms with van der Waals surface area (Å²) in [6.07, 6.45) is 4.38. The lowest BCUT2D eigenvalue weighted by Gasteiger charge is -2.27. The molecule has 0 bridgehead atoms. The van der Waals surface area contributed by atoms with E-state index in [1.54, 1.807) is 0 Å². The second-order valence-corrected chi connectivity index (χ2v) is 7.17. The molecule has 0 aromatic heterocycles. The van der Waals surface area contributed by atoms with E-state index in [-0.39, 0.29) is 18.0 Å².